The lowest BCUT2D eigenvalue weighted by atomic mass is 10.1. The summed E-state index contributed by atoms with van der Waals surface area (Å²) in [6.45, 7) is 9.13. The van der Waals surface area contributed by atoms with Crippen molar-refractivity contribution in [3.8, 4) is 11.5 Å². The predicted octanol–water partition coefficient (Wildman–Crippen LogP) is 3.74. The molecule has 0 radical (unpaired) electrons. The van der Waals surface area contributed by atoms with Crippen molar-refractivity contribution in [3.05, 3.63) is 23.9 Å². The monoisotopic (exact) mass is 304 g/mol. The van der Waals surface area contributed by atoms with Crippen LogP contribution in [0.25, 0.3) is 10.9 Å². The van der Waals surface area contributed by atoms with Crippen LogP contribution in [0.15, 0.2) is 18.3 Å². The number of hydrogen-bond donors (Lipinski definition) is 1. The average molecular weight is 304 g/mol. The lowest BCUT2D eigenvalue weighted by Gasteiger charge is -2.12. The van der Waals surface area contributed by atoms with Crippen LogP contribution in [0.3, 0.4) is 0 Å². The van der Waals surface area contributed by atoms with E-state index in [-0.39, 0.29) is 0 Å². The summed E-state index contributed by atoms with van der Waals surface area (Å²) in [5, 5.41) is 1.27. The van der Waals surface area contributed by atoms with Crippen molar-refractivity contribution in [1.29, 1.82) is 0 Å². The van der Waals surface area contributed by atoms with Crippen molar-refractivity contribution in [2.75, 3.05) is 19.8 Å². The number of aromatic nitrogens is 1. The van der Waals surface area contributed by atoms with Crippen LogP contribution < -0.4 is 15.2 Å². The molecular formula is C18H28N2O2. The Bertz CT molecular complexity index is 605. The fourth-order valence-electron chi connectivity index (χ4n) is 2.82. The maximum atomic E-state index is 5.77. The molecule has 1 aromatic heterocycles. The van der Waals surface area contributed by atoms with Gasteiger partial charge in [0.2, 0.25) is 0 Å². The summed E-state index contributed by atoms with van der Waals surface area (Å²) in [4.78, 5) is 0. The number of nitrogens with two attached hydrogens (primary N) is 1. The number of benzene rings is 1. The number of ether oxygens (including phenoxy) is 2. The fraction of sp³-hybridized carbons (Fsp3) is 0.556. The third-order valence-corrected chi connectivity index (χ3v) is 3.75. The zero-order valence-electron chi connectivity index (χ0n) is 14.0. The molecule has 2 rings (SSSR count). The Morgan fingerprint density at radius 3 is 2.32 bits per heavy atom. The van der Waals surface area contributed by atoms with E-state index in [1.165, 1.54) is 16.5 Å². The second kappa shape index (κ2) is 8.08. The van der Waals surface area contributed by atoms with Gasteiger partial charge < -0.3 is 19.8 Å². The number of aryl methyl sites for hydroxylation is 2. The van der Waals surface area contributed by atoms with Gasteiger partial charge in [-0.05, 0) is 44.9 Å². The molecule has 0 aliphatic carbocycles. The molecule has 0 saturated carbocycles. The van der Waals surface area contributed by atoms with E-state index < -0.39 is 0 Å². The van der Waals surface area contributed by atoms with E-state index in [0.29, 0.717) is 19.8 Å². The molecule has 4 heteroatoms. The summed E-state index contributed by atoms with van der Waals surface area (Å²) in [6.07, 6.45) is 5.45. The molecule has 0 saturated heterocycles. The van der Waals surface area contributed by atoms with E-state index in [0.717, 1.165) is 37.3 Å². The van der Waals surface area contributed by atoms with Crippen LogP contribution >= 0.6 is 0 Å². The van der Waals surface area contributed by atoms with Crippen LogP contribution in [0.4, 0.5) is 0 Å². The Hall–Kier alpha value is -1.68. The molecule has 4 nitrogen and oxygen atoms in total. The molecule has 1 heterocycles. The Kier molecular flexibility index (Phi) is 6.13. The highest BCUT2D eigenvalue weighted by atomic mass is 16.5. The summed E-state index contributed by atoms with van der Waals surface area (Å²) < 4.78 is 13.8. The number of nitrogens with zero attached hydrogens (tertiary/aromatic N) is 1. The van der Waals surface area contributed by atoms with Gasteiger partial charge in [-0.1, -0.05) is 13.3 Å². The van der Waals surface area contributed by atoms with Crippen LogP contribution in [0, 0.1) is 0 Å². The summed E-state index contributed by atoms with van der Waals surface area (Å²) in [5.41, 5.74) is 8.25. The van der Waals surface area contributed by atoms with Gasteiger partial charge in [0.05, 0.1) is 18.7 Å². The van der Waals surface area contributed by atoms with E-state index in [9.17, 15) is 0 Å². The average Bonchev–Trinajstić information content (AvgIpc) is 2.84. The van der Waals surface area contributed by atoms with E-state index >= 15 is 0 Å². The largest absolute Gasteiger partial charge is 0.490 e. The van der Waals surface area contributed by atoms with Crippen molar-refractivity contribution >= 4 is 10.9 Å². The van der Waals surface area contributed by atoms with Gasteiger partial charge in [0.25, 0.3) is 0 Å². The van der Waals surface area contributed by atoms with Crippen LogP contribution in [0.1, 0.15) is 39.2 Å². The van der Waals surface area contributed by atoms with Crippen LogP contribution in [0.5, 0.6) is 11.5 Å². The highest BCUT2D eigenvalue weighted by molar-refractivity contribution is 5.87. The molecule has 0 fully saturated rings. The smallest absolute Gasteiger partial charge is 0.163 e. The topological polar surface area (TPSA) is 49.4 Å². The molecule has 0 atom stereocenters. The van der Waals surface area contributed by atoms with E-state index in [4.69, 9.17) is 15.2 Å². The Morgan fingerprint density at radius 1 is 1.05 bits per heavy atom. The van der Waals surface area contributed by atoms with E-state index in [2.05, 4.69) is 29.8 Å². The minimum atomic E-state index is 0.636. The van der Waals surface area contributed by atoms with Gasteiger partial charge in [-0.15, -0.1) is 0 Å². The van der Waals surface area contributed by atoms with Gasteiger partial charge in [0.1, 0.15) is 0 Å². The quantitative estimate of drug-likeness (QED) is 0.767. The Balaban J connectivity index is 2.53. The summed E-state index contributed by atoms with van der Waals surface area (Å²) in [5.74, 6) is 1.66. The maximum Gasteiger partial charge on any atom is 0.163 e. The molecule has 22 heavy (non-hydrogen) atoms. The standard InChI is InChI=1S/C18H28N2O2/c1-4-8-14-13-20(10-7-9-19)16-12-18(22-6-3)17(21-5-2)11-15(14)16/h11-13H,4-10,19H2,1-3H3. The maximum absolute atomic E-state index is 5.77. The fourth-order valence-corrected chi connectivity index (χ4v) is 2.82. The van der Waals surface area contributed by atoms with Crippen LogP contribution in [-0.4, -0.2) is 24.3 Å². The first-order valence-electron chi connectivity index (χ1n) is 8.36. The minimum absolute atomic E-state index is 0.636. The van der Waals surface area contributed by atoms with Crippen LogP contribution in [0.2, 0.25) is 0 Å². The third-order valence-electron chi connectivity index (χ3n) is 3.75. The third kappa shape index (κ3) is 3.55. The Labute approximate surface area is 133 Å². The molecular weight excluding hydrogens is 276 g/mol. The van der Waals surface area contributed by atoms with Crippen molar-refractivity contribution in [3.63, 3.8) is 0 Å². The minimum Gasteiger partial charge on any atom is -0.490 e. The molecule has 0 unspecified atom stereocenters. The lowest BCUT2D eigenvalue weighted by Crippen LogP contribution is -2.05. The van der Waals surface area contributed by atoms with Crippen molar-refractivity contribution in [2.45, 2.75) is 46.6 Å². The molecule has 122 valence electrons. The molecule has 0 amide bonds. The normalized spacial score (nSPS) is 11.1. The predicted molar refractivity (Wildman–Crippen MR) is 91.9 cm³/mol. The van der Waals surface area contributed by atoms with Crippen LogP contribution in [-0.2, 0) is 13.0 Å². The van der Waals surface area contributed by atoms with Gasteiger partial charge in [-0.3, -0.25) is 0 Å². The first kappa shape index (κ1) is 16.7. The first-order chi connectivity index (χ1) is 10.7. The van der Waals surface area contributed by atoms with E-state index in [1.54, 1.807) is 0 Å². The zero-order valence-corrected chi connectivity index (χ0v) is 14.0. The summed E-state index contributed by atoms with van der Waals surface area (Å²) in [6, 6.07) is 4.24. The lowest BCUT2D eigenvalue weighted by molar-refractivity contribution is 0.288. The van der Waals surface area contributed by atoms with Gasteiger partial charge >= 0.3 is 0 Å². The molecule has 2 N–H and O–H groups in total. The highest BCUT2D eigenvalue weighted by Crippen LogP contribution is 2.35. The Morgan fingerprint density at radius 2 is 1.73 bits per heavy atom. The zero-order chi connectivity index (χ0) is 15.9. The van der Waals surface area contributed by atoms with Gasteiger partial charge in [-0.2, -0.15) is 0 Å². The number of rotatable bonds is 9. The molecule has 1 aromatic carbocycles. The van der Waals surface area contributed by atoms with Crippen molar-refractivity contribution < 1.29 is 9.47 Å². The molecule has 2 aromatic rings. The van der Waals surface area contributed by atoms with Gasteiger partial charge in [0, 0.05) is 24.2 Å². The number of hydrogen-bond acceptors (Lipinski definition) is 3. The van der Waals surface area contributed by atoms with Crippen molar-refractivity contribution in [2.24, 2.45) is 5.73 Å². The second-order valence-corrected chi connectivity index (χ2v) is 5.42. The summed E-state index contributed by atoms with van der Waals surface area (Å²) >= 11 is 0. The van der Waals surface area contributed by atoms with Gasteiger partial charge in [-0.25, -0.2) is 0 Å². The molecule has 0 aliphatic heterocycles. The first-order valence-corrected chi connectivity index (χ1v) is 8.36. The molecule has 0 spiro atoms. The summed E-state index contributed by atoms with van der Waals surface area (Å²) in [7, 11) is 0. The van der Waals surface area contributed by atoms with Crippen molar-refractivity contribution in [1.82, 2.24) is 4.57 Å². The highest BCUT2D eigenvalue weighted by Gasteiger charge is 2.14. The van der Waals surface area contributed by atoms with E-state index in [1.807, 2.05) is 13.8 Å². The molecule has 0 aliphatic rings. The second-order valence-electron chi connectivity index (χ2n) is 5.42. The van der Waals surface area contributed by atoms with Gasteiger partial charge in [0.15, 0.2) is 11.5 Å². The number of fused-ring (bicyclic) bond motifs is 1. The molecule has 0 bridgehead atoms. The SMILES string of the molecule is CCCc1cn(CCCN)c2cc(OCC)c(OCC)cc12.